The largest absolute Gasteiger partial charge is 0.495 e. The third-order valence-electron chi connectivity index (χ3n) is 4.10. The van der Waals surface area contributed by atoms with E-state index in [0.717, 1.165) is 0 Å². The number of ether oxygens (including phenoxy) is 1. The molecule has 1 N–H and O–H groups in total. The van der Waals surface area contributed by atoms with Crippen LogP contribution in [0.1, 0.15) is 24.2 Å². The van der Waals surface area contributed by atoms with E-state index in [1.165, 1.54) is 53.9 Å². The summed E-state index contributed by atoms with van der Waals surface area (Å²) in [5, 5.41) is 2.62. The highest BCUT2D eigenvalue weighted by Gasteiger charge is 2.23. The van der Waals surface area contributed by atoms with Crippen LogP contribution in [0.5, 0.6) is 5.75 Å². The van der Waals surface area contributed by atoms with Crippen molar-refractivity contribution < 1.29 is 26.7 Å². The zero-order chi connectivity index (χ0) is 21.6. The summed E-state index contributed by atoms with van der Waals surface area (Å²) < 4.78 is 56.8. The number of amides is 1. The molecule has 0 radical (unpaired) electrons. The number of hydrogen-bond donors (Lipinski definition) is 1. The van der Waals surface area contributed by atoms with Gasteiger partial charge in [0.15, 0.2) is 0 Å². The van der Waals surface area contributed by atoms with E-state index in [4.69, 9.17) is 4.74 Å². The van der Waals surface area contributed by atoms with Gasteiger partial charge in [0.2, 0.25) is 10.0 Å². The van der Waals surface area contributed by atoms with Crippen LogP contribution in [0.3, 0.4) is 0 Å². The molecular weight excluding hydrogens is 422 g/mol. The molecular formula is C19H22F2N2O4S2. The Bertz CT molecular complexity index is 947. The summed E-state index contributed by atoms with van der Waals surface area (Å²) in [7, 11) is -2.31. The van der Waals surface area contributed by atoms with Crippen LogP contribution in [0.15, 0.2) is 52.3 Å². The van der Waals surface area contributed by atoms with Crippen LogP contribution in [-0.2, 0) is 10.0 Å². The maximum Gasteiger partial charge on any atom is 0.288 e. The molecule has 158 valence electrons. The quantitative estimate of drug-likeness (QED) is 0.584. The van der Waals surface area contributed by atoms with Gasteiger partial charge in [0.25, 0.3) is 11.7 Å². The van der Waals surface area contributed by atoms with Crippen molar-refractivity contribution in [2.75, 3.05) is 25.5 Å². The van der Waals surface area contributed by atoms with E-state index in [9.17, 15) is 22.0 Å². The predicted octanol–water partition coefficient (Wildman–Crippen LogP) is 4.29. The normalized spacial score (nSPS) is 11.7. The fourth-order valence-corrected chi connectivity index (χ4v) is 4.62. The van der Waals surface area contributed by atoms with E-state index >= 15 is 0 Å². The Morgan fingerprint density at radius 3 is 2.28 bits per heavy atom. The minimum absolute atomic E-state index is 0.0287. The Labute approximate surface area is 173 Å². The Balaban J connectivity index is 2.30. The van der Waals surface area contributed by atoms with Gasteiger partial charge in [-0.2, -0.15) is 13.1 Å². The number of rotatable bonds is 9. The number of carbonyl (C=O) groups excluding carboxylic acids is 1. The molecule has 2 aromatic carbocycles. The lowest BCUT2D eigenvalue weighted by molar-refractivity contribution is 0.102. The standard InChI is InChI=1S/C19H22F2N2O4S2/c1-4-23(5-2)29(25,26)15-10-11-17(27-3)16(12-15)22-18(24)13-6-8-14(9-7-13)28-19(20)21/h6-12,19H,4-5H2,1-3H3,(H,22,24). The minimum Gasteiger partial charge on any atom is -0.495 e. The summed E-state index contributed by atoms with van der Waals surface area (Å²) in [6.07, 6.45) is 0. The third kappa shape index (κ3) is 5.68. The Morgan fingerprint density at radius 1 is 1.14 bits per heavy atom. The van der Waals surface area contributed by atoms with E-state index in [2.05, 4.69) is 5.32 Å². The van der Waals surface area contributed by atoms with Crippen molar-refractivity contribution in [1.82, 2.24) is 4.31 Å². The molecule has 0 bridgehead atoms. The van der Waals surface area contributed by atoms with Crippen LogP contribution in [-0.4, -0.2) is 44.6 Å². The molecule has 0 saturated carbocycles. The Hall–Kier alpha value is -2.17. The molecule has 0 aliphatic carbocycles. The van der Waals surface area contributed by atoms with E-state index < -0.39 is 21.7 Å². The Morgan fingerprint density at radius 2 is 1.76 bits per heavy atom. The zero-order valence-corrected chi connectivity index (χ0v) is 17.8. The fraction of sp³-hybridized carbons (Fsp3) is 0.316. The topological polar surface area (TPSA) is 75.7 Å². The maximum atomic E-state index is 12.7. The molecule has 0 aliphatic rings. The van der Waals surface area contributed by atoms with Crippen LogP contribution in [0.4, 0.5) is 14.5 Å². The number of nitrogens with zero attached hydrogens (tertiary/aromatic N) is 1. The summed E-state index contributed by atoms with van der Waals surface area (Å²) in [6, 6.07) is 9.90. The first-order valence-electron chi connectivity index (χ1n) is 8.77. The lowest BCUT2D eigenvalue weighted by Crippen LogP contribution is -2.30. The van der Waals surface area contributed by atoms with E-state index in [1.54, 1.807) is 13.8 Å². The van der Waals surface area contributed by atoms with E-state index in [-0.39, 0.29) is 16.1 Å². The molecule has 29 heavy (non-hydrogen) atoms. The molecule has 1 amide bonds. The van der Waals surface area contributed by atoms with E-state index in [0.29, 0.717) is 35.5 Å². The number of hydrogen-bond acceptors (Lipinski definition) is 5. The molecule has 6 nitrogen and oxygen atoms in total. The number of thioether (sulfide) groups is 1. The number of alkyl halides is 2. The molecule has 0 unspecified atom stereocenters. The molecule has 0 saturated heterocycles. The van der Waals surface area contributed by atoms with Gasteiger partial charge in [-0.05, 0) is 42.5 Å². The molecule has 0 spiro atoms. The first-order chi connectivity index (χ1) is 13.7. The second-order valence-electron chi connectivity index (χ2n) is 5.81. The maximum absolute atomic E-state index is 12.7. The van der Waals surface area contributed by atoms with Crippen molar-refractivity contribution >= 4 is 33.4 Å². The van der Waals surface area contributed by atoms with Crippen molar-refractivity contribution in [3.63, 3.8) is 0 Å². The monoisotopic (exact) mass is 444 g/mol. The fourth-order valence-electron chi connectivity index (χ4n) is 2.64. The van der Waals surface area contributed by atoms with Crippen LogP contribution < -0.4 is 10.1 Å². The molecule has 0 aliphatic heterocycles. The SMILES string of the molecule is CCN(CC)S(=O)(=O)c1ccc(OC)c(NC(=O)c2ccc(SC(F)F)cc2)c1. The summed E-state index contributed by atoms with van der Waals surface area (Å²) in [6.45, 7) is 4.11. The summed E-state index contributed by atoms with van der Waals surface area (Å²) in [5.74, 6) is -2.77. The second-order valence-corrected chi connectivity index (χ2v) is 8.81. The molecule has 10 heteroatoms. The molecule has 2 rings (SSSR count). The van der Waals surface area contributed by atoms with Crippen LogP contribution in [0.25, 0.3) is 0 Å². The van der Waals surface area contributed by atoms with Gasteiger partial charge < -0.3 is 10.1 Å². The summed E-state index contributed by atoms with van der Waals surface area (Å²) in [5.41, 5.74) is 0.430. The molecule has 2 aromatic rings. The minimum atomic E-state index is -3.71. The third-order valence-corrected chi connectivity index (χ3v) is 6.87. The van der Waals surface area contributed by atoms with Gasteiger partial charge >= 0.3 is 0 Å². The highest BCUT2D eigenvalue weighted by Crippen LogP contribution is 2.30. The highest BCUT2D eigenvalue weighted by molar-refractivity contribution is 7.99. The average Bonchev–Trinajstić information content (AvgIpc) is 2.68. The van der Waals surface area contributed by atoms with Crippen molar-refractivity contribution in [2.45, 2.75) is 29.4 Å². The lowest BCUT2D eigenvalue weighted by Gasteiger charge is -2.19. The first kappa shape index (κ1) is 23.1. The first-order valence-corrected chi connectivity index (χ1v) is 11.1. The smallest absolute Gasteiger partial charge is 0.288 e. The predicted molar refractivity (Wildman–Crippen MR) is 109 cm³/mol. The molecule has 0 heterocycles. The van der Waals surface area contributed by atoms with Crippen molar-refractivity contribution in [3.8, 4) is 5.75 Å². The summed E-state index contributed by atoms with van der Waals surface area (Å²) in [4.78, 5) is 12.9. The van der Waals surface area contributed by atoms with Crippen molar-refractivity contribution in [2.24, 2.45) is 0 Å². The van der Waals surface area contributed by atoms with Gasteiger partial charge in [0.05, 0.1) is 17.7 Å². The van der Waals surface area contributed by atoms with Gasteiger partial charge in [-0.1, -0.05) is 25.6 Å². The molecule has 0 atom stereocenters. The number of halogens is 2. The number of nitrogens with one attached hydrogen (secondary N) is 1. The number of methoxy groups -OCH3 is 1. The number of sulfonamides is 1. The van der Waals surface area contributed by atoms with Crippen LogP contribution in [0, 0.1) is 0 Å². The van der Waals surface area contributed by atoms with Gasteiger partial charge in [-0.15, -0.1) is 0 Å². The van der Waals surface area contributed by atoms with Gasteiger partial charge in [-0.25, -0.2) is 8.42 Å². The number of carbonyl (C=O) groups is 1. The van der Waals surface area contributed by atoms with Gasteiger partial charge in [0.1, 0.15) is 5.75 Å². The van der Waals surface area contributed by atoms with E-state index in [1.807, 2.05) is 0 Å². The van der Waals surface area contributed by atoms with Gasteiger partial charge in [-0.3, -0.25) is 4.79 Å². The average molecular weight is 445 g/mol. The van der Waals surface area contributed by atoms with Crippen LogP contribution in [0.2, 0.25) is 0 Å². The lowest BCUT2D eigenvalue weighted by atomic mass is 10.2. The molecule has 0 fully saturated rings. The number of benzene rings is 2. The zero-order valence-electron chi connectivity index (χ0n) is 16.2. The van der Waals surface area contributed by atoms with Crippen LogP contribution >= 0.6 is 11.8 Å². The number of anilines is 1. The second kappa shape index (κ2) is 10.0. The summed E-state index contributed by atoms with van der Waals surface area (Å²) >= 11 is 0.384. The van der Waals surface area contributed by atoms with Gasteiger partial charge in [0, 0.05) is 23.5 Å². The Kier molecular flexibility index (Phi) is 8.00. The van der Waals surface area contributed by atoms with Crippen molar-refractivity contribution in [1.29, 1.82) is 0 Å². The molecule has 0 aromatic heterocycles. The highest BCUT2D eigenvalue weighted by atomic mass is 32.2. The van der Waals surface area contributed by atoms with Crippen molar-refractivity contribution in [3.05, 3.63) is 48.0 Å².